The van der Waals surface area contributed by atoms with Gasteiger partial charge in [0, 0.05) is 32.2 Å². The molecule has 0 radical (unpaired) electrons. The third kappa shape index (κ3) is 5.45. The van der Waals surface area contributed by atoms with Crippen LogP contribution < -0.4 is 5.32 Å². The molecule has 0 aliphatic carbocycles. The number of rotatable bonds is 5. The van der Waals surface area contributed by atoms with Crippen LogP contribution in [0.1, 0.15) is 31.2 Å². The molecule has 1 aromatic carbocycles. The van der Waals surface area contributed by atoms with Crippen LogP contribution in [-0.4, -0.2) is 68.0 Å². The zero-order valence-corrected chi connectivity index (χ0v) is 16.1. The van der Waals surface area contributed by atoms with Crippen LogP contribution in [0.2, 0.25) is 0 Å². The monoisotopic (exact) mass is 379 g/mol. The largest absolute Gasteiger partial charge is 0.338 e. The van der Waals surface area contributed by atoms with Gasteiger partial charge in [0.05, 0.1) is 11.5 Å². The van der Waals surface area contributed by atoms with Crippen LogP contribution in [0.15, 0.2) is 30.3 Å². The first-order valence-electron chi connectivity index (χ1n) is 9.55. The molecule has 0 spiro atoms. The smallest absolute Gasteiger partial charge is 0.317 e. The molecule has 2 saturated heterocycles. The van der Waals surface area contributed by atoms with Crippen LogP contribution in [0, 0.1) is 0 Å². The fraction of sp³-hybridized carbons (Fsp3) is 0.632. The summed E-state index contributed by atoms with van der Waals surface area (Å²) in [6.07, 6.45) is 4.58. The maximum Gasteiger partial charge on any atom is 0.317 e. The summed E-state index contributed by atoms with van der Waals surface area (Å²) in [5.74, 6) is 0.155. The Balaban J connectivity index is 1.44. The highest BCUT2D eigenvalue weighted by atomic mass is 32.2. The molecular formula is C19H29N3O3S. The lowest BCUT2D eigenvalue weighted by atomic mass is 9.98. The van der Waals surface area contributed by atoms with E-state index in [1.807, 2.05) is 6.07 Å². The molecule has 144 valence electrons. The molecule has 1 atom stereocenters. The number of likely N-dealkylation sites (tertiary alicyclic amines) is 1. The Kier molecular flexibility index (Phi) is 6.53. The van der Waals surface area contributed by atoms with Crippen molar-refractivity contribution in [1.29, 1.82) is 0 Å². The Hall–Kier alpha value is -1.60. The van der Waals surface area contributed by atoms with Gasteiger partial charge in [-0.25, -0.2) is 13.2 Å². The van der Waals surface area contributed by atoms with E-state index in [1.54, 1.807) is 4.90 Å². The molecule has 1 aromatic rings. The Bertz CT molecular complexity index is 679. The molecule has 2 aliphatic rings. The number of amides is 2. The number of sulfone groups is 1. The van der Waals surface area contributed by atoms with Gasteiger partial charge in [0.25, 0.3) is 0 Å². The predicted molar refractivity (Wildman–Crippen MR) is 103 cm³/mol. The number of urea groups is 1. The second kappa shape index (κ2) is 8.86. The molecule has 2 aliphatic heterocycles. The third-order valence-corrected chi connectivity index (χ3v) is 6.97. The van der Waals surface area contributed by atoms with Gasteiger partial charge in [-0.05, 0) is 31.4 Å². The van der Waals surface area contributed by atoms with Gasteiger partial charge < -0.3 is 10.2 Å². The summed E-state index contributed by atoms with van der Waals surface area (Å²) in [6, 6.07) is 10.9. The molecule has 2 heterocycles. The number of hydrogen-bond acceptors (Lipinski definition) is 4. The van der Waals surface area contributed by atoms with Crippen LogP contribution in [0.5, 0.6) is 0 Å². The van der Waals surface area contributed by atoms with Gasteiger partial charge in [0.15, 0.2) is 9.84 Å². The highest BCUT2D eigenvalue weighted by molar-refractivity contribution is 7.91. The molecule has 0 saturated carbocycles. The second-order valence-corrected chi connectivity index (χ2v) is 9.57. The van der Waals surface area contributed by atoms with E-state index in [2.05, 4.69) is 34.5 Å². The van der Waals surface area contributed by atoms with E-state index in [0.29, 0.717) is 25.7 Å². The lowest BCUT2D eigenvalue weighted by Gasteiger charge is -2.36. The van der Waals surface area contributed by atoms with Crippen LogP contribution in [0.3, 0.4) is 0 Å². The van der Waals surface area contributed by atoms with E-state index in [4.69, 9.17) is 0 Å². The molecule has 26 heavy (non-hydrogen) atoms. The predicted octanol–water partition coefficient (Wildman–Crippen LogP) is 1.87. The van der Waals surface area contributed by atoms with Crippen LogP contribution in [-0.2, 0) is 16.4 Å². The first-order chi connectivity index (χ1) is 12.5. The summed E-state index contributed by atoms with van der Waals surface area (Å²) in [4.78, 5) is 16.4. The van der Waals surface area contributed by atoms with Crippen molar-refractivity contribution >= 4 is 15.9 Å². The summed E-state index contributed by atoms with van der Waals surface area (Å²) in [7, 11) is -2.95. The van der Waals surface area contributed by atoms with Crippen LogP contribution in [0.25, 0.3) is 0 Å². The molecule has 7 heteroatoms. The van der Waals surface area contributed by atoms with E-state index in [1.165, 1.54) is 24.8 Å². The molecule has 6 nitrogen and oxygen atoms in total. The quantitative estimate of drug-likeness (QED) is 0.848. The Morgan fingerprint density at radius 3 is 2.54 bits per heavy atom. The van der Waals surface area contributed by atoms with Crippen molar-refractivity contribution in [2.45, 2.75) is 38.3 Å². The van der Waals surface area contributed by atoms with E-state index in [0.717, 1.165) is 19.5 Å². The summed E-state index contributed by atoms with van der Waals surface area (Å²) in [6.45, 7) is 3.31. The van der Waals surface area contributed by atoms with Crippen molar-refractivity contribution in [3.63, 3.8) is 0 Å². The van der Waals surface area contributed by atoms with E-state index in [-0.39, 0.29) is 17.5 Å². The molecule has 3 rings (SSSR count). The Morgan fingerprint density at radius 1 is 1.08 bits per heavy atom. The standard InChI is InChI=1S/C19H29N3O3S/c23-19(21-12-14-26(24,25)15-13-21)20-10-9-18-8-4-5-11-22(18)16-17-6-2-1-3-7-17/h1-3,6-7,18H,4-5,8-16H2,(H,20,23)/t18-/m1/s1. The van der Waals surface area contributed by atoms with Crippen molar-refractivity contribution in [1.82, 2.24) is 15.1 Å². The highest BCUT2D eigenvalue weighted by Gasteiger charge is 2.26. The van der Waals surface area contributed by atoms with Gasteiger partial charge in [-0.15, -0.1) is 0 Å². The molecule has 0 aromatic heterocycles. The number of piperidine rings is 1. The van der Waals surface area contributed by atoms with Gasteiger partial charge in [0.1, 0.15) is 0 Å². The lowest BCUT2D eigenvalue weighted by Crippen LogP contribution is -2.49. The SMILES string of the molecule is O=C(NCC[C@H]1CCCCN1Cc1ccccc1)N1CCS(=O)(=O)CC1. The van der Waals surface area contributed by atoms with Crippen molar-refractivity contribution in [3.8, 4) is 0 Å². The summed E-state index contributed by atoms with van der Waals surface area (Å²) < 4.78 is 22.9. The van der Waals surface area contributed by atoms with Crippen molar-refractivity contribution in [2.75, 3.05) is 37.7 Å². The lowest BCUT2D eigenvalue weighted by molar-refractivity contribution is 0.131. The maximum absolute atomic E-state index is 12.2. The van der Waals surface area contributed by atoms with Gasteiger partial charge in [-0.2, -0.15) is 0 Å². The number of nitrogens with one attached hydrogen (secondary N) is 1. The van der Waals surface area contributed by atoms with Gasteiger partial charge >= 0.3 is 6.03 Å². The number of nitrogens with zero attached hydrogens (tertiary/aromatic N) is 2. The minimum Gasteiger partial charge on any atom is -0.338 e. The number of carbonyl (C=O) groups excluding carboxylic acids is 1. The molecule has 0 unspecified atom stereocenters. The van der Waals surface area contributed by atoms with Gasteiger partial charge in [-0.3, -0.25) is 4.90 Å². The van der Waals surface area contributed by atoms with Gasteiger partial charge in [0.2, 0.25) is 0 Å². The first-order valence-corrected chi connectivity index (χ1v) is 11.4. The van der Waals surface area contributed by atoms with Crippen molar-refractivity contribution in [3.05, 3.63) is 35.9 Å². The normalized spacial score (nSPS) is 23.5. The van der Waals surface area contributed by atoms with Crippen molar-refractivity contribution in [2.24, 2.45) is 0 Å². The zero-order valence-electron chi connectivity index (χ0n) is 15.3. The summed E-state index contributed by atoms with van der Waals surface area (Å²) in [5, 5.41) is 2.98. The highest BCUT2D eigenvalue weighted by Crippen LogP contribution is 2.21. The first kappa shape index (κ1) is 19.2. The average Bonchev–Trinajstić information content (AvgIpc) is 2.64. The third-order valence-electron chi connectivity index (χ3n) is 5.36. The minimum atomic E-state index is -2.95. The topological polar surface area (TPSA) is 69.7 Å². The number of hydrogen-bond donors (Lipinski definition) is 1. The summed E-state index contributed by atoms with van der Waals surface area (Å²) in [5.41, 5.74) is 1.33. The van der Waals surface area contributed by atoms with Crippen molar-refractivity contribution < 1.29 is 13.2 Å². The molecular weight excluding hydrogens is 350 g/mol. The van der Waals surface area contributed by atoms with E-state index in [9.17, 15) is 13.2 Å². The number of benzene rings is 1. The summed E-state index contributed by atoms with van der Waals surface area (Å²) >= 11 is 0. The average molecular weight is 380 g/mol. The second-order valence-electron chi connectivity index (χ2n) is 7.27. The Labute approximate surface area is 156 Å². The molecule has 2 amide bonds. The van der Waals surface area contributed by atoms with Crippen LogP contribution in [0.4, 0.5) is 4.79 Å². The fourth-order valence-electron chi connectivity index (χ4n) is 3.79. The fourth-order valence-corrected chi connectivity index (χ4v) is 4.99. The zero-order chi connectivity index (χ0) is 18.4. The maximum atomic E-state index is 12.2. The van der Waals surface area contributed by atoms with Crippen LogP contribution >= 0.6 is 0 Å². The van der Waals surface area contributed by atoms with E-state index < -0.39 is 9.84 Å². The molecule has 2 fully saturated rings. The molecule has 0 bridgehead atoms. The molecule has 1 N–H and O–H groups in total. The Morgan fingerprint density at radius 2 is 1.81 bits per heavy atom. The van der Waals surface area contributed by atoms with E-state index >= 15 is 0 Å². The minimum absolute atomic E-state index is 0.0773. The number of carbonyl (C=O) groups is 1. The van der Waals surface area contributed by atoms with Gasteiger partial charge in [-0.1, -0.05) is 36.8 Å².